The molecule has 0 saturated carbocycles. The summed E-state index contributed by atoms with van der Waals surface area (Å²) in [4.78, 5) is 16.1. The van der Waals surface area contributed by atoms with E-state index < -0.39 is 0 Å². The number of aryl methyl sites for hydroxylation is 1. The molecule has 2 aromatic rings. The molecule has 0 bridgehead atoms. The third kappa shape index (κ3) is 3.79. The number of hydrogen-bond acceptors (Lipinski definition) is 3. The van der Waals surface area contributed by atoms with Crippen molar-refractivity contribution in [3.05, 3.63) is 47.0 Å². The summed E-state index contributed by atoms with van der Waals surface area (Å²) in [6.45, 7) is 3.12. The minimum atomic E-state index is -0.147. The topological polar surface area (TPSA) is 59.8 Å². The summed E-state index contributed by atoms with van der Waals surface area (Å²) >= 11 is 5.88. The van der Waals surface area contributed by atoms with Crippen LogP contribution >= 0.6 is 11.6 Å². The zero-order valence-electron chi connectivity index (χ0n) is 10.6. The predicted molar refractivity (Wildman–Crippen MR) is 73.2 cm³/mol. The second-order valence-corrected chi connectivity index (χ2v) is 4.44. The molecule has 1 amide bonds. The Labute approximate surface area is 116 Å². The number of nitrogens with zero attached hydrogens (tertiary/aromatic N) is 3. The average Bonchev–Trinajstić information content (AvgIpc) is 2.91. The van der Waals surface area contributed by atoms with Crippen molar-refractivity contribution >= 4 is 17.5 Å². The van der Waals surface area contributed by atoms with Crippen LogP contribution in [-0.4, -0.2) is 27.2 Å². The van der Waals surface area contributed by atoms with E-state index in [0.29, 0.717) is 23.8 Å². The number of rotatable bonds is 5. The van der Waals surface area contributed by atoms with Gasteiger partial charge < -0.3 is 5.32 Å². The van der Waals surface area contributed by atoms with Crippen molar-refractivity contribution in [1.29, 1.82) is 0 Å². The molecule has 100 valence electrons. The van der Waals surface area contributed by atoms with Gasteiger partial charge in [0.2, 0.25) is 0 Å². The SMILES string of the molecule is CCc1cc(C(=O)NCCn2cccn2)cc(Cl)n1. The standard InChI is InChI=1S/C13H15ClN4O/c1-2-11-8-10(9-12(14)17-11)13(19)15-5-7-18-6-3-4-16-18/h3-4,6,8-9H,2,5,7H2,1H3,(H,15,19). The maximum absolute atomic E-state index is 12.0. The van der Waals surface area contributed by atoms with Crippen molar-refractivity contribution in [3.63, 3.8) is 0 Å². The van der Waals surface area contributed by atoms with Gasteiger partial charge in [0, 0.05) is 30.2 Å². The van der Waals surface area contributed by atoms with Crippen molar-refractivity contribution in [2.45, 2.75) is 19.9 Å². The van der Waals surface area contributed by atoms with Gasteiger partial charge in [0.25, 0.3) is 5.91 Å². The molecule has 6 heteroatoms. The van der Waals surface area contributed by atoms with Gasteiger partial charge in [-0.15, -0.1) is 0 Å². The van der Waals surface area contributed by atoms with Crippen LogP contribution in [0.2, 0.25) is 5.15 Å². The van der Waals surface area contributed by atoms with E-state index >= 15 is 0 Å². The number of nitrogens with one attached hydrogen (secondary N) is 1. The highest BCUT2D eigenvalue weighted by molar-refractivity contribution is 6.29. The fraction of sp³-hybridized carbons (Fsp3) is 0.308. The molecule has 0 aliphatic carbocycles. The Morgan fingerprint density at radius 1 is 1.47 bits per heavy atom. The van der Waals surface area contributed by atoms with Gasteiger partial charge in [0.1, 0.15) is 5.15 Å². The molecule has 0 spiro atoms. The number of carbonyl (C=O) groups excluding carboxylic acids is 1. The van der Waals surface area contributed by atoms with Crippen molar-refractivity contribution in [1.82, 2.24) is 20.1 Å². The lowest BCUT2D eigenvalue weighted by atomic mass is 10.2. The molecule has 2 heterocycles. The number of hydrogen-bond donors (Lipinski definition) is 1. The van der Waals surface area contributed by atoms with Crippen LogP contribution < -0.4 is 5.32 Å². The fourth-order valence-electron chi connectivity index (χ4n) is 1.68. The van der Waals surface area contributed by atoms with Crippen molar-refractivity contribution < 1.29 is 4.79 Å². The summed E-state index contributed by atoms with van der Waals surface area (Å²) in [6, 6.07) is 5.18. The van der Waals surface area contributed by atoms with Crippen LogP contribution in [0.3, 0.4) is 0 Å². The fourth-order valence-corrected chi connectivity index (χ4v) is 1.91. The summed E-state index contributed by atoms with van der Waals surface area (Å²) in [7, 11) is 0. The molecular formula is C13H15ClN4O. The van der Waals surface area contributed by atoms with Crippen LogP contribution in [0.25, 0.3) is 0 Å². The Kier molecular flexibility index (Phi) is 4.52. The van der Waals surface area contributed by atoms with Crippen molar-refractivity contribution in [2.75, 3.05) is 6.54 Å². The Morgan fingerprint density at radius 2 is 2.32 bits per heavy atom. The molecule has 0 atom stereocenters. The van der Waals surface area contributed by atoms with Crippen molar-refractivity contribution in [3.8, 4) is 0 Å². The highest BCUT2D eigenvalue weighted by atomic mass is 35.5. The molecule has 2 aromatic heterocycles. The highest BCUT2D eigenvalue weighted by Crippen LogP contribution is 2.11. The number of pyridine rings is 1. The van der Waals surface area contributed by atoms with E-state index in [1.807, 2.05) is 19.2 Å². The van der Waals surface area contributed by atoms with Gasteiger partial charge in [-0.2, -0.15) is 5.10 Å². The lowest BCUT2D eigenvalue weighted by Gasteiger charge is -2.07. The second-order valence-electron chi connectivity index (χ2n) is 4.05. The maximum Gasteiger partial charge on any atom is 0.251 e. The van der Waals surface area contributed by atoms with Gasteiger partial charge in [-0.05, 0) is 24.6 Å². The molecule has 2 rings (SSSR count). The first-order chi connectivity index (χ1) is 9.19. The molecule has 19 heavy (non-hydrogen) atoms. The predicted octanol–water partition coefficient (Wildman–Crippen LogP) is 1.92. The number of aromatic nitrogens is 3. The van der Waals surface area contributed by atoms with Gasteiger partial charge in [0.05, 0.1) is 6.54 Å². The lowest BCUT2D eigenvalue weighted by molar-refractivity contribution is 0.0951. The summed E-state index contributed by atoms with van der Waals surface area (Å²) in [5.74, 6) is -0.147. The molecule has 0 saturated heterocycles. The van der Waals surface area contributed by atoms with Crippen LogP contribution in [0.1, 0.15) is 23.0 Å². The number of halogens is 1. The maximum atomic E-state index is 12.0. The van der Waals surface area contributed by atoms with Crippen LogP contribution in [0.15, 0.2) is 30.6 Å². The minimum absolute atomic E-state index is 0.147. The third-order valence-corrected chi connectivity index (χ3v) is 2.85. The first kappa shape index (κ1) is 13.5. The monoisotopic (exact) mass is 278 g/mol. The molecule has 5 nitrogen and oxygen atoms in total. The Bertz CT molecular complexity index is 554. The summed E-state index contributed by atoms with van der Waals surface area (Å²) in [5, 5.41) is 7.24. The molecular weight excluding hydrogens is 264 g/mol. The zero-order valence-corrected chi connectivity index (χ0v) is 11.4. The molecule has 0 aromatic carbocycles. The van der Waals surface area contributed by atoms with E-state index in [1.54, 1.807) is 23.0 Å². The Hall–Kier alpha value is -1.88. The molecule has 0 fully saturated rings. The number of carbonyl (C=O) groups is 1. The highest BCUT2D eigenvalue weighted by Gasteiger charge is 2.08. The van der Waals surface area contributed by atoms with Gasteiger partial charge in [-0.1, -0.05) is 18.5 Å². The van der Waals surface area contributed by atoms with E-state index in [2.05, 4.69) is 15.4 Å². The molecule has 0 unspecified atom stereocenters. The van der Waals surface area contributed by atoms with E-state index in [0.717, 1.165) is 12.1 Å². The quantitative estimate of drug-likeness (QED) is 0.850. The van der Waals surface area contributed by atoms with Gasteiger partial charge in [-0.25, -0.2) is 4.98 Å². The van der Waals surface area contributed by atoms with Crippen LogP contribution in [0.5, 0.6) is 0 Å². The zero-order chi connectivity index (χ0) is 13.7. The largest absolute Gasteiger partial charge is 0.350 e. The summed E-state index contributed by atoms with van der Waals surface area (Å²) in [5.41, 5.74) is 1.35. The van der Waals surface area contributed by atoms with E-state index in [-0.39, 0.29) is 5.91 Å². The lowest BCUT2D eigenvalue weighted by Crippen LogP contribution is -2.27. The third-order valence-electron chi connectivity index (χ3n) is 2.66. The minimum Gasteiger partial charge on any atom is -0.350 e. The molecule has 0 radical (unpaired) electrons. The van der Waals surface area contributed by atoms with Crippen LogP contribution in [0, 0.1) is 0 Å². The van der Waals surface area contributed by atoms with Crippen LogP contribution in [0.4, 0.5) is 0 Å². The first-order valence-corrected chi connectivity index (χ1v) is 6.49. The first-order valence-electron chi connectivity index (χ1n) is 6.11. The normalized spacial score (nSPS) is 10.4. The average molecular weight is 279 g/mol. The van der Waals surface area contributed by atoms with Crippen molar-refractivity contribution in [2.24, 2.45) is 0 Å². The smallest absolute Gasteiger partial charge is 0.251 e. The Morgan fingerprint density at radius 3 is 3.00 bits per heavy atom. The summed E-state index contributed by atoms with van der Waals surface area (Å²) in [6.07, 6.45) is 4.30. The molecule has 1 N–H and O–H groups in total. The van der Waals surface area contributed by atoms with Crippen LogP contribution in [-0.2, 0) is 13.0 Å². The Balaban J connectivity index is 1.94. The van der Waals surface area contributed by atoms with Gasteiger partial charge >= 0.3 is 0 Å². The van der Waals surface area contributed by atoms with E-state index in [1.165, 1.54) is 0 Å². The molecule has 0 aliphatic rings. The van der Waals surface area contributed by atoms with E-state index in [4.69, 9.17) is 11.6 Å². The van der Waals surface area contributed by atoms with Gasteiger partial charge in [-0.3, -0.25) is 9.48 Å². The van der Waals surface area contributed by atoms with Gasteiger partial charge in [0.15, 0.2) is 0 Å². The summed E-state index contributed by atoms with van der Waals surface area (Å²) < 4.78 is 1.76. The number of amides is 1. The van der Waals surface area contributed by atoms with E-state index in [9.17, 15) is 4.79 Å². The second kappa shape index (κ2) is 6.33. The molecule has 0 aliphatic heterocycles.